The number of likely N-dealkylation sites (tertiary alicyclic amines) is 1. The molecule has 0 bridgehead atoms. The number of urea groups is 1. The predicted octanol–water partition coefficient (Wildman–Crippen LogP) is 5.04. The predicted molar refractivity (Wildman–Crippen MR) is 99.7 cm³/mol. The van der Waals surface area contributed by atoms with E-state index >= 15 is 0 Å². The van der Waals surface area contributed by atoms with Gasteiger partial charge >= 0.3 is 6.03 Å². The molecule has 2 aromatic rings. The van der Waals surface area contributed by atoms with E-state index in [9.17, 15) is 9.18 Å². The lowest BCUT2D eigenvalue weighted by molar-refractivity contribution is 0.197. The average molecular weight is 378 g/mol. The van der Waals surface area contributed by atoms with E-state index in [1.165, 1.54) is 17.7 Å². The summed E-state index contributed by atoms with van der Waals surface area (Å²) in [6.45, 7) is 6.89. The second-order valence-electron chi connectivity index (χ2n) is 6.67. The van der Waals surface area contributed by atoms with Crippen LogP contribution in [0, 0.1) is 25.6 Å². The molecular weight excluding hydrogens is 357 g/mol. The minimum atomic E-state index is -0.355. The number of carbonyl (C=O) groups is 1. The van der Waals surface area contributed by atoms with Gasteiger partial charge in [0.1, 0.15) is 5.82 Å². The van der Waals surface area contributed by atoms with Crippen LogP contribution in [-0.4, -0.2) is 29.2 Å². The smallest absolute Gasteiger partial charge is 0.324 e. The number of nitrogens with one attached hydrogen (secondary N) is 1. The molecule has 2 heterocycles. The molecule has 1 unspecified atom stereocenters. The zero-order valence-electron chi connectivity index (χ0n) is 15.0. The van der Waals surface area contributed by atoms with Crippen LogP contribution in [0.3, 0.4) is 0 Å². The fourth-order valence-electron chi connectivity index (χ4n) is 3.03. The Balaban J connectivity index is 1.67. The number of benzene rings is 1. The molecule has 0 aliphatic carbocycles. The number of carbonyl (C=O) groups excluding carboxylic acids is 1. The summed E-state index contributed by atoms with van der Waals surface area (Å²) in [6.07, 6.45) is 2.68. The Kier molecular flexibility index (Phi) is 5.32. The summed E-state index contributed by atoms with van der Waals surface area (Å²) in [6, 6.07) is 4.27. The third-order valence-electron chi connectivity index (χ3n) is 4.70. The Morgan fingerprint density at radius 2 is 2.19 bits per heavy atom. The Morgan fingerprint density at radius 1 is 1.42 bits per heavy atom. The van der Waals surface area contributed by atoms with Crippen molar-refractivity contribution in [3.05, 3.63) is 51.4 Å². The molecule has 1 fully saturated rings. The molecule has 1 saturated heterocycles. The van der Waals surface area contributed by atoms with E-state index in [1.807, 2.05) is 19.9 Å². The Hall–Kier alpha value is -2.34. The second-order valence-corrected chi connectivity index (χ2v) is 7.11. The van der Waals surface area contributed by atoms with Crippen molar-refractivity contribution in [1.29, 1.82) is 0 Å². The Morgan fingerprint density at radius 3 is 2.81 bits per heavy atom. The number of rotatable bonds is 2. The molecule has 2 amide bonds. The Bertz CT molecular complexity index is 842. The molecule has 0 spiro atoms. The number of aromatic nitrogens is 1. The van der Waals surface area contributed by atoms with Gasteiger partial charge in [0.25, 0.3) is 0 Å². The first-order valence-electron chi connectivity index (χ1n) is 8.49. The number of anilines is 1. The largest absolute Gasteiger partial charge is 0.338 e. The lowest BCUT2D eigenvalue weighted by atomic mass is 9.91. The molecule has 1 aromatic carbocycles. The maximum atomic E-state index is 13.5. The summed E-state index contributed by atoms with van der Waals surface area (Å²) >= 11 is 5.92. The molecule has 26 heavy (non-hydrogen) atoms. The molecule has 1 atom stereocenters. The zero-order valence-corrected chi connectivity index (χ0v) is 15.7. The van der Waals surface area contributed by atoms with Crippen molar-refractivity contribution < 1.29 is 13.7 Å². The summed E-state index contributed by atoms with van der Waals surface area (Å²) in [4.78, 5) is 14.2. The molecule has 0 radical (unpaired) electrons. The highest BCUT2D eigenvalue weighted by Gasteiger charge is 2.25. The highest BCUT2D eigenvalue weighted by Crippen LogP contribution is 2.27. The molecule has 5 nitrogen and oxygen atoms in total. The van der Waals surface area contributed by atoms with Gasteiger partial charge in [-0.1, -0.05) is 35.3 Å². The van der Waals surface area contributed by atoms with Gasteiger partial charge in [0.05, 0.1) is 5.69 Å². The van der Waals surface area contributed by atoms with Crippen LogP contribution in [0.5, 0.6) is 0 Å². The van der Waals surface area contributed by atoms with Crippen molar-refractivity contribution in [2.75, 3.05) is 18.4 Å². The van der Waals surface area contributed by atoms with Crippen molar-refractivity contribution in [3.63, 3.8) is 0 Å². The first-order chi connectivity index (χ1) is 12.3. The van der Waals surface area contributed by atoms with Gasteiger partial charge in [-0.3, -0.25) is 5.32 Å². The van der Waals surface area contributed by atoms with Crippen molar-refractivity contribution in [2.24, 2.45) is 5.92 Å². The molecule has 1 N–H and O–H groups in total. The number of hydrogen-bond acceptors (Lipinski definition) is 3. The lowest BCUT2D eigenvalue weighted by Crippen LogP contribution is -2.42. The minimum Gasteiger partial charge on any atom is -0.338 e. The van der Waals surface area contributed by atoms with E-state index in [4.69, 9.17) is 16.1 Å². The summed E-state index contributed by atoms with van der Waals surface area (Å²) < 4.78 is 18.6. The summed E-state index contributed by atoms with van der Waals surface area (Å²) in [7, 11) is 0. The van der Waals surface area contributed by atoms with E-state index < -0.39 is 0 Å². The van der Waals surface area contributed by atoms with Gasteiger partial charge in [-0.25, -0.2) is 9.18 Å². The zero-order chi connectivity index (χ0) is 18.8. The Labute approximate surface area is 156 Å². The van der Waals surface area contributed by atoms with E-state index in [2.05, 4.69) is 17.4 Å². The van der Waals surface area contributed by atoms with Crippen LogP contribution >= 0.6 is 11.6 Å². The third kappa shape index (κ3) is 4.07. The number of piperidine rings is 1. The minimum absolute atomic E-state index is 0.161. The van der Waals surface area contributed by atoms with Crippen LogP contribution < -0.4 is 5.32 Å². The number of halogens is 2. The van der Waals surface area contributed by atoms with Crippen LogP contribution in [0.1, 0.15) is 30.2 Å². The van der Waals surface area contributed by atoms with Gasteiger partial charge in [-0.05, 0) is 49.9 Å². The van der Waals surface area contributed by atoms with Crippen LogP contribution in [0.25, 0.3) is 6.08 Å². The summed E-state index contributed by atoms with van der Waals surface area (Å²) in [5.41, 5.74) is 3.49. The van der Waals surface area contributed by atoms with Crippen molar-refractivity contribution >= 4 is 29.6 Å². The average Bonchev–Trinajstić information content (AvgIpc) is 2.88. The van der Waals surface area contributed by atoms with E-state index in [-0.39, 0.29) is 17.8 Å². The fraction of sp³-hybridized carbons (Fsp3) is 0.368. The van der Waals surface area contributed by atoms with Crippen LogP contribution in [-0.2, 0) is 0 Å². The molecule has 3 rings (SSSR count). The van der Waals surface area contributed by atoms with Gasteiger partial charge in [-0.2, -0.15) is 0 Å². The molecular formula is C19H21ClFN3O2. The fourth-order valence-corrected chi connectivity index (χ4v) is 3.26. The molecule has 7 heteroatoms. The molecule has 1 aromatic heterocycles. The van der Waals surface area contributed by atoms with Crippen molar-refractivity contribution in [2.45, 2.75) is 27.2 Å². The number of aryl methyl sites for hydroxylation is 1. The standard InChI is InChI=1S/C19H21ClFN3O2/c1-11-10-24(19(25)22-18-12(2)13(3)23-26-18)5-4-15(11)6-14-7-16(20)9-17(21)8-14/h6-9,11H,4-5,10H2,1-3H3,(H,22,25)/b15-6+. The lowest BCUT2D eigenvalue weighted by Gasteiger charge is -2.33. The first kappa shape index (κ1) is 18.5. The highest BCUT2D eigenvalue weighted by atomic mass is 35.5. The second kappa shape index (κ2) is 7.50. The molecule has 0 saturated carbocycles. The van der Waals surface area contributed by atoms with Gasteiger partial charge in [0.2, 0.25) is 5.88 Å². The quantitative estimate of drug-likeness (QED) is 0.797. The summed E-state index contributed by atoms with van der Waals surface area (Å²) in [5, 5.41) is 6.99. The number of nitrogens with zero attached hydrogens (tertiary/aromatic N) is 2. The van der Waals surface area contributed by atoms with Crippen molar-refractivity contribution in [3.8, 4) is 0 Å². The van der Waals surface area contributed by atoms with Gasteiger partial charge in [0, 0.05) is 23.7 Å². The van der Waals surface area contributed by atoms with Crippen LogP contribution in [0.15, 0.2) is 28.3 Å². The van der Waals surface area contributed by atoms with E-state index in [0.29, 0.717) is 24.0 Å². The first-order valence-corrected chi connectivity index (χ1v) is 8.86. The number of hydrogen-bond donors (Lipinski definition) is 1. The van der Waals surface area contributed by atoms with Gasteiger partial charge < -0.3 is 9.42 Å². The summed E-state index contributed by atoms with van der Waals surface area (Å²) in [5.74, 6) is 0.191. The maximum Gasteiger partial charge on any atom is 0.324 e. The monoisotopic (exact) mass is 377 g/mol. The normalized spacial score (nSPS) is 19.0. The van der Waals surface area contributed by atoms with Crippen LogP contribution in [0.4, 0.5) is 15.1 Å². The number of amides is 2. The van der Waals surface area contributed by atoms with Crippen LogP contribution in [0.2, 0.25) is 5.02 Å². The topological polar surface area (TPSA) is 58.4 Å². The third-order valence-corrected chi connectivity index (χ3v) is 4.92. The van der Waals surface area contributed by atoms with Crippen molar-refractivity contribution in [1.82, 2.24) is 10.1 Å². The SMILES string of the molecule is Cc1noc(NC(=O)N2CC/C(=C\c3cc(F)cc(Cl)c3)C(C)C2)c1C. The highest BCUT2D eigenvalue weighted by molar-refractivity contribution is 6.30. The van der Waals surface area contributed by atoms with E-state index in [0.717, 1.165) is 23.2 Å². The molecule has 1 aliphatic rings. The van der Waals surface area contributed by atoms with Gasteiger partial charge in [0.15, 0.2) is 0 Å². The van der Waals surface area contributed by atoms with Gasteiger partial charge in [-0.15, -0.1) is 0 Å². The molecule has 1 aliphatic heterocycles. The molecule has 138 valence electrons. The maximum absolute atomic E-state index is 13.5. The van der Waals surface area contributed by atoms with E-state index in [1.54, 1.807) is 11.0 Å².